The Morgan fingerprint density at radius 1 is 0.929 bits per heavy atom. The van der Waals surface area contributed by atoms with Crippen molar-refractivity contribution >= 4 is 19.0 Å². The van der Waals surface area contributed by atoms with Gasteiger partial charge in [-0.15, -0.1) is 5.69 Å². The van der Waals surface area contributed by atoms with Gasteiger partial charge < -0.3 is 20.6 Å². The predicted octanol–water partition coefficient (Wildman–Crippen LogP) is 3.18. The molecule has 2 aromatic carbocycles. The molecular weight excluding hydrogens is 428 g/mol. The second-order valence-corrected chi connectivity index (χ2v) is 7.85. The number of nitrogens with zero attached hydrogens (tertiary/aromatic N) is 2. The van der Waals surface area contributed by atoms with E-state index < -0.39 is 11.2 Å². The Labute approximate surface area is 194 Å². The van der Waals surface area contributed by atoms with E-state index in [2.05, 4.69) is 17.6 Å². The molecule has 3 rings (SSSR count). The maximum atomic E-state index is 9.10. The molecule has 1 heterocycles. The van der Waals surface area contributed by atoms with Crippen molar-refractivity contribution in [3.8, 4) is 0 Å². The number of aliphatic hydroxyl groups is 2. The molecule has 0 aliphatic carbocycles. The predicted molar refractivity (Wildman–Crippen MR) is 109 cm³/mol. The third-order valence-corrected chi connectivity index (χ3v) is 4.91. The van der Waals surface area contributed by atoms with E-state index in [0.717, 1.165) is 29.8 Å². The molecule has 0 spiro atoms. The zero-order valence-electron chi connectivity index (χ0n) is 17.3. The molecule has 7 heteroatoms. The van der Waals surface area contributed by atoms with Gasteiger partial charge in [-0.1, -0.05) is 53.5 Å². The fourth-order valence-electron chi connectivity index (χ4n) is 2.20. The SMILES string of the molecule is CC(C)(O)C(C)(C)O.[B]c1cccc([N-]ON2Cc3ccccc3C2)c1C.[Y]. The molecule has 0 atom stereocenters. The van der Waals surface area contributed by atoms with Crippen LogP contribution in [0.15, 0.2) is 42.5 Å². The summed E-state index contributed by atoms with van der Waals surface area (Å²) in [6, 6.07) is 14.0. The number of benzene rings is 2. The van der Waals surface area contributed by atoms with Crippen molar-refractivity contribution in [2.24, 2.45) is 0 Å². The van der Waals surface area contributed by atoms with Crippen LogP contribution in [0.25, 0.3) is 5.48 Å². The Hall–Kier alpha value is -0.751. The van der Waals surface area contributed by atoms with Crippen molar-refractivity contribution in [1.82, 2.24) is 5.06 Å². The Morgan fingerprint density at radius 2 is 1.43 bits per heavy atom. The van der Waals surface area contributed by atoms with Crippen LogP contribution in [0, 0.1) is 6.92 Å². The van der Waals surface area contributed by atoms with Gasteiger partial charge in [-0.05, 0) is 45.7 Å². The zero-order chi connectivity index (χ0) is 20.2. The molecule has 1 aliphatic heterocycles. The molecule has 0 fully saturated rings. The summed E-state index contributed by atoms with van der Waals surface area (Å²) < 4.78 is 0. The fraction of sp³-hybridized carbons (Fsp3) is 0.429. The van der Waals surface area contributed by atoms with E-state index >= 15 is 0 Å². The first-order valence-electron chi connectivity index (χ1n) is 8.99. The standard InChI is InChI=1S/C15H14BN2O.C6H14O2.Y/c1-11-14(16)7-4-8-15(11)17-19-18-9-12-5-2-3-6-13(12)10-18;1-5(2,7)6(3,4)8;/h2-8H,9-10H2,1H3;7-8H,1-4H3;/q-1;;. The molecule has 28 heavy (non-hydrogen) atoms. The third kappa shape index (κ3) is 6.94. The monoisotopic (exact) mass is 456 g/mol. The Balaban J connectivity index is 0.000000376. The van der Waals surface area contributed by atoms with Gasteiger partial charge >= 0.3 is 0 Å². The topological polar surface area (TPSA) is 67.0 Å². The first-order chi connectivity index (χ1) is 12.5. The normalized spacial score (nSPS) is 13.8. The maximum absolute atomic E-state index is 9.10. The van der Waals surface area contributed by atoms with E-state index in [1.807, 2.05) is 42.3 Å². The van der Waals surface area contributed by atoms with Gasteiger partial charge in [0.1, 0.15) is 7.85 Å². The summed E-state index contributed by atoms with van der Waals surface area (Å²) in [6.07, 6.45) is 0. The van der Waals surface area contributed by atoms with Gasteiger partial charge in [0, 0.05) is 45.8 Å². The number of hydrogen-bond donors (Lipinski definition) is 2. The molecule has 147 valence electrons. The minimum atomic E-state index is -1.01. The van der Waals surface area contributed by atoms with Gasteiger partial charge in [-0.3, -0.25) is 0 Å². The van der Waals surface area contributed by atoms with Gasteiger partial charge in [-0.25, -0.2) is 0 Å². The summed E-state index contributed by atoms with van der Waals surface area (Å²) >= 11 is 0. The molecule has 0 bridgehead atoms. The van der Waals surface area contributed by atoms with Crippen molar-refractivity contribution in [2.45, 2.75) is 58.9 Å². The first kappa shape index (κ1) is 25.3. The summed E-state index contributed by atoms with van der Waals surface area (Å²) in [5.74, 6) is 0. The van der Waals surface area contributed by atoms with E-state index in [0.29, 0.717) is 0 Å². The van der Waals surface area contributed by atoms with Crippen LogP contribution in [-0.2, 0) is 50.7 Å². The number of rotatable bonds is 4. The summed E-state index contributed by atoms with van der Waals surface area (Å²) in [5, 5.41) is 20.0. The molecule has 2 aromatic rings. The van der Waals surface area contributed by atoms with Crippen molar-refractivity contribution in [1.29, 1.82) is 0 Å². The largest absolute Gasteiger partial charge is 0.541 e. The van der Waals surface area contributed by atoms with E-state index in [9.17, 15) is 0 Å². The molecule has 2 N–H and O–H groups in total. The quantitative estimate of drug-likeness (QED) is 0.548. The Bertz CT molecular complexity index is 736. The number of hydrogen-bond acceptors (Lipinski definition) is 4. The van der Waals surface area contributed by atoms with Gasteiger partial charge in [-0.2, -0.15) is 5.06 Å². The average Bonchev–Trinajstić information content (AvgIpc) is 2.98. The Kier molecular flexibility index (Phi) is 9.33. The summed E-state index contributed by atoms with van der Waals surface area (Å²) in [5.41, 5.74) is 7.20. The molecule has 5 nitrogen and oxygen atoms in total. The second-order valence-electron chi connectivity index (χ2n) is 7.85. The van der Waals surface area contributed by atoms with E-state index in [1.165, 1.54) is 11.1 Å². The van der Waals surface area contributed by atoms with E-state index in [4.69, 9.17) is 23.0 Å². The first-order valence-corrected chi connectivity index (χ1v) is 8.99. The number of hydroxylamine groups is 2. The molecule has 1 aliphatic rings. The second kappa shape index (κ2) is 10.3. The zero-order valence-corrected chi connectivity index (χ0v) is 20.1. The van der Waals surface area contributed by atoms with Crippen molar-refractivity contribution < 1.29 is 47.9 Å². The third-order valence-electron chi connectivity index (χ3n) is 4.91. The van der Waals surface area contributed by atoms with Crippen molar-refractivity contribution in [3.05, 3.63) is 64.6 Å². The molecule has 0 saturated heterocycles. The minimum Gasteiger partial charge on any atom is -0.541 e. The summed E-state index contributed by atoms with van der Waals surface area (Å²) in [6.45, 7) is 9.78. The van der Waals surface area contributed by atoms with E-state index in [-0.39, 0.29) is 32.7 Å². The van der Waals surface area contributed by atoms with E-state index in [1.54, 1.807) is 27.7 Å². The van der Waals surface area contributed by atoms with Crippen LogP contribution < -0.4 is 5.46 Å². The van der Waals surface area contributed by atoms with Crippen LogP contribution >= 0.6 is 0 Å². The maximum Gasteiger partial charge on any atom is 0.114 e. The van der Waals surface area contributed by atoms with Gasteiger partial charge in [0.25, 0.3) is 0 Å². The van der Waals surface area contributed by atoms with Crippen molar-refractivity contribution in [3.63, 3.8) is 0 Å². The molecule has 0 aromatic heterocycles. The van der Waals surface area contributed by atoms with Gasteiger partial charge in [0.2, 0.25) is 0 Å². The molecule has 0 saturated carbocycles. The Morgan fingerprint density at radius 3 is 1.89 bits per heavy atom. The van der Waals surface area contributed by atoms with Crippen LogP contribution in [0.3, 0.4) is 0 Å². The van der Waals surface area contributed by atoms with Crippen LogP contribution in [-0.4, -0.2) is 34.3 Å². The average molecular weight is 456 g/mol. The molecule has 0 unspecified atom stereocenters. The summed E-state index contributed by atoms with van der Waals surface area (Å²) in [7, 11) is 5.84. The molecule has 3 radical (unpaired) electrons. The number of fused-ring (bicyclic) bond motifs is 1. The van der Waals surface area contributed by atoms with Crippen molar-refractivity contribution in [2.75, 3.05) is 0 Å². The molecular formula is C21H28BN2O3Y-. The van der Waals surface area contributed by atoms with Gasteiger partial charge in [0.05, 0.1) is 11.2 Å². The minimum absolute atomic E-state index is 0. The smallest absolute Gasteiger partial charge is 0.114 e. The fourth-order valence-corrected chi connectivity index (χ4v) is 2.20. The van der Waals surface area contributed by atoms with Crippen LogP contribution in [0.5, 0.6) is 0 Å². The van der Waals surface area contributed by atoms with Crippen LogP contribution in [0.1, 0.15) is 44.4 Å². The molecule has 0 amide bonds. The van der Waals surface area contributed by atoms with Gasteiger partial charge in [0.15, 0.2) is 0 Å². The van der Waals surface area contributed by atoms with Crippen LogP contribution in [0.4, 0.5) is 5.69 Å². The van der Waals surface area contributed by atoms with Crippen LogP contribution in [0.2, 0.25) is 0 Å². The summed E-state index contributed by atoms with van der Waals surface area (Å²) in [4.78, 5) is 5.51.